The van der Waals surface area contributed by atoms with Gasteiger partial charge < -0.3 is 14.6 Å². The molecule has 1 atom stereocenters. The fourth-order valence-corrected chi connectivity index (χ4v) is 4.23. The molecular weight excluding hydrogens is 330 g/mol. The average molecular weight is 357 g/mol. The summed E-state index contributed by atoms with van der Waals surface area (Å²) in [5, 5.41) is 21.2. The molecule has 1 unspecified atom stereocenters. The third kappa shape index (κ3) is 3.23. The van der Waals surface area contributed by atoms with Gasteiger partial charge in [-0.05, 0) is 44.4 Å². The van der Waals surface area contributed by atoms with Crippen molar-refractivity contribution in [1.82, 2.24) is 4.90 Å². The standard InChI is InChI=1S/C20H27N3O3/c1-20(2,3)23(19(24)25)10-8-22(9-11-23)14-18-17-6-4-5-15(13-21)16(17)7-12-26-18/h4-6,18H,7-12,14H2,1-3H3. The summed E-state index contributed by atoms with van der Waals surface area (Å²) in [5.74, 6) is 0. The van der Waals surface area contributed by atoms with E-state index in [2.05, 4.69) is 11.0 Å². The van der Waals surface area contributed by atoms with Gasteiger partial charge in [-0.3, -0.25) is 9.38 Å². The highest BCUT2D eigenvalue weighted by Gasteiger charge is 2.45. The molecule has 1 fully saturated rings. The first kappa shape index (κ1) is 18.8. The minimum absolute atomic E-state index is 0.00973. The zero-order chi connectivity index (χ0) is 18.9. The van der Waals surface area contributed by atoms with Gasteiger partial charge in [-0.1, -0.05) is 12.1 Å². The van der Waals surface area contributed by atoms with Gasteiger partial charge in [-0.15, -0.1) is 0 Å². The third-order valence-corrected chi connectivity index (χ3v) is 6.00. The largest absolute Gasteiger partial charge is 0.498 e. The van der Waals surface area contributed by atoms with E-state index >= 15 is 0 Å². The molecule has 1 saturated heterocycles. The summed E-state index contributed by atoms with van der Waals surface area (Å²) in [5.41, 5.74) is 2.53. The van der Waals surface area contributed by atoms with Crippen LogP contribution in [0.4, 0.5) is 4.79 Å². The second kappa shape index (κ2) is 6.99. The number of quaternary nitrogens is 1. The van der Waals surface area contributed by atoms with Crippen molar-refractivity contribution in [3.05, 3.63) is 34.9 Å². The topological polar surface area (TPSA) is 76.4 Å². The number of nitriles is 1. The smallest absolute Gasteiger partial charge is 0.257 e. The Hall–Kier alpha value is -1.94. The molecule has 1 amide bonds. The van der Waals surface area contributed by atoms with Crippen LogP contribution in [-0.4, -0.2) is 60.3 Å². The van der Waals surface area contributed by atoms with Gasteiger partial charge in [0.05, 0.1) is 43.0 Å². The molecule has 0 bridgehead atoms. The van der Waals surface area contributed by atoms with Crippen molar-refractivity contribution in [3.63, 3.8) is 0 Å². The Morgan fingerprint density at radius 1 is 1.38 bits per heavy atom. The fourth-order valence-electron chi connectivity index (χ4n) is 4.23. The summed E-state index contributed by atoms with van der Waals surface area (Å²) in [6.07, 6.45) is -0.288. The molecule has 1 aromatic rings. The quantitative estimate of drug-likeness (QED) is 0.749. The molecule has 0 aromatic heterocycles. The SMILES string of the molecule is CC(C)(C)[N+]1(C(=O)[O-])CCN(CC2OCCc3c(C#N)cccc32)CC1. The van der Waals surface area contributed by atoms with Crippen molar-refractivity contribution in [2.75, 3.05) is 39.3 Å². The Morgan fingerprint density at radius 2 is 2.08 bits per heavy atom. The lowest BCUT2D eigenvalue weighted by Gasteiger charge is -2.52. The minimum Gasteiger partial charge on any atom is -0.498 e. The number of carbonyl (C=O) groups is 1. The predicted octanol–water partition coefficient (Wildman–Crippen LogP) is 1.45. The van der Waals surface area contributed by atoms with E-state index in [1.54, 1.807) is 0 Å². The summed E-state index contributed by atoms with van der Waals surface area (Å²) >= 11 is 0. The Labute approximate surface area is 155 Å². The van der Waals surface area contributed by atoms with E-state index in [0.29, 0.717) is 32.8 Å². The molecule has 0 aliphatic carbocycles. The number of rotatable bonds is 2. The van der Waals surface area contributed by atoms with Crippen LogP contribution in [-0.2, 0) is 11.2 Å². The first-order valence-electron chi connectivity index (χ1n) is 9.23. The van der Waals surface area contributed by atoms with E-state index in [1.807, 2.05) is 39.0 Å². The van der Waals surface area contributed by atoms with Crippen LogP contribution in [0.5, 0.6) is 0 Å². The average Bonchev–Trinajstić information content (AvgIpc) is 2.61. The summed E-state index contributed by atoms with van der Waals surface area (Å²) in [6, 6.07) is 8.09. The van der Waals surface area contributed by atoms with Crippen LogP contribution in [0.2, 0.25) is 0 Å². The van der Waals surface area contributed by atoms with Crippen LogP contribution < -0.4 is 5.11 Å². The lowest BCUT2D eigenvalue weighted by molar-refractivity contribution is -0.923. The molecule has 0 N–H and O–H groups in total. The molecule has 1 aromatic carbocycles. The van der Waals surface area contributed by atoms with Crippen LogP contribution >= 0.6 is 0 Å². The van der Waals surface area contributed by atoms with Gasteiger partial charge >= 0.3 is 0 Å². The van der Waals surface area contributed by atoms with E-state index in [-0.39, 0.29) is 16.1 Å². The maximum atomic E-state index is 11.8. The number of carboxylic acid groups (broad SMARTS) is 1. The van der Waals surface area contributed by atoms with Gasteiger partial charge in [0.2, 0.25) is 0 Å². The van der Waals surface area contributed by atoms with Crippen LogP contribution in [0.1, 0.15) is 43.6 Å². The number of piperazine rings is 1. The van der Waals surface area contributed by atoms with Crippen molar-refractivity contribution in [3.8, 4) is 6.07 Å². The zero-order valence-corrected chi connectivity index (χ0v) is 15.8. The molecule has 0 saturated carbocycles. The number of ether oxygens (including phenoxy) is 1. The van der Waals surface area contributed by atoms with Gasteiger partial charge in [0.15, 0.2) is 0 Å². The highest BCUT2D eigenvalue weighted by atomic mass is 16.5. The third-order valence-electron chi connectivity index (χ3n) is 6.00. The Balaban J connectivity index is 1.72. The van der Waals surface area contributed by atoms with Gasteiger partial charge in [0.25, 0.3) is 6.09 Å². The highest BCUT2D eigenvalue weighted by Crippen LogP contribution is 2.32. The van der Waals surface area contributed by atoms with Crippen LogP contribution in [0.25, 0.3) is 0 Å². The fraction of sp³-hybridized carbons (Fsp3) is 0.600. The molecule has 6 nitrogen and oxygen atoms in total. The van der Waals surface area contributed by atoms with E-state index in [9.17, 15) is 15.2 Å². The van der Waals surface area contributed by atoms with Gasteiger partial charge in [-0.2, -0.15) is 5.26 Å². The number of fused-ring (bicyclic) bond motifs is 1. The first-order valence-corrected chi connectivity index (χ1v) is 9.23. The number of benzene rings is 1. The lowest BCUT2D eigenvalue weighted by Crippen LogP contribution is -2.73. The number of hydrogen-bond donors (Lipinski definition) is 0. The van der Waals surface area contributed by atoms with Crippen molar-refractivity contribution in [2.45, 2.75) is 38.8 Å². The molecule has 0 spiro atoms. The molecule has 2 aliphatic rings. The summed E-state index contributed by atoms with van der Waals surface area (Å²) in [4.78, 5) is 14.1. The Bertz CT molecular complexity index is 725. The van der Waals surface area contributed by atoms with Crippen molar-refractivity contribution >= 4 is 6.09 Å². The molecule has 140 valence electrons. The Morgan fingerprint density at radius 3 is 2.65 bits per heavy atom. The normalized spacial score (nSPS) is 23.1. The van der Waals surface area contributed by atoms with Crippen LogP contribution in [0, 0.1) is 11.3 Å². The second-order valence-electron chi connectivity index (χ2n) is 8.25. The zero-order valence-electron chi connectivity index (χ0n) is 15.8. The van der Waals surface area contributed by atoms with Crippen LogP contribution in [0.3, 0.4) is 0 Å². The number of hydrogen-bond acceptors (Lipinski definition) is 5. The number of carbonyl (C=O) groups excluding carboxylic acids is 1. The van der Waals surface area contributed by atoms with Gasteiger partial charge in [-0.25, -0.2) is 0 Å². The van der Waals surface area contributed by atoms with E-state index < -0.39 is 6.09 Å². The summed E-state index contributed by atoms with van der Waals surface area (Å²) < 4.78 is 5.98. The molecular formula is C20H27N3O3. The Kier molecular flexibility index (Phi) is 5.07. The van der Waals surface area contributed by atoms with Crippen molar-refractivity contribution < 1.29 is 19.1 Å². The molecule has 2 aliphatic heterocycles. The minimum atomic E-state index is -0.991. The van der Waals surface area contributed by atoms with E-state index in [0.717, 1.165) is 29.7 Å². The predicted molar refractivity (Wildman–Crippen MR) is 95.1 cm³/mol. The molecule has 0 radical (unpaired) electrons. The summed E-state index contributed by atoms with van der Waals surface area (Å²) in [7, 11) is 0. The highest BCUT2D eigenvalue weighted by molar-refractivity contribution is 5.55. The monoisotopic (exact) mass is 357 g/mol. The van der Waals surface area contributed by atoms with Gasteiger partial charge in [0, 0.05) is 19.6 Å². The summed E-state index contributed by atoms with van der Waals surface area (Å²) in [6.45, 7) is 9.67. The second-order valence-corrected chi connectivity index (χ2v) is 8.25. The van der Waals surface area contributed by atoms with E-state index in [1.165, 1.54) is 0 Å². The number of amides is 1. The van der Waals surface area contributed by atoms with Crippen LogP contribution in [0.15, 0.2) is 18.2 Å². The molecule has 2 heterocycles. The van der Waals surface area contributed by atoms with Crippen molar-refractivity contribution in [1.29, 1.82) is 5.26 Å². The molecule has 6 heteroatoms. The molecule has 26 heavy (non-hydrogen) atoms. The maximum Gasteiger partial charge on any atom is 0.257 e. The first-order chi connectivity index (χ1) is 12.3. The molecule has 3 rings (SSSR count). The van der Waals surface area contributed by atoms with Crippen molar-refractivity contribution in [2.24, 2.45) is 0 Å². The number of nitrogens with zero attached hydrogens (tertiary/aromatic N) is 3. The van der Waals surface area contributed by atoms with E-state index in [4.69, 9.17) is 4.74 Å². The van der Waals surface area contributed by atoms with Gasteiger partial charge in [0.1, 0.15) is 0 Å². The lowest BCUT2D eigenvalue weighted by atomic mass is 9.93. The maximum absolute atomic E-state index is 11.8.